The lowest BCUT2D eigenvalue weighted by molar-refractivity contribution is -0.119. The Morgan fingerprint density at radius 1 is 1.47 bits per heavy atom. The Morgan fingerprint density at radius 2 is 2.21 bits per heavy atom. The van der Waals surface area contributed by atoms with Gasteiger partial charge in [0, 0.05) is 19.2 Å². The topological polar surface area (TPSA) is 66.8 Å². The summed E-state index contributed by atoms with van der Waals surface area (Å²) in [4.78, 5) is 24.6. The summed E-state index contributed by atoms with van der Waals surface area (Å²) in [7, 11) is 1.60. The van der Waals surface area contributed by atoms with Crippen molar-refractivity contribution in [1.82, 2.24) is 0 Å². The predicted molar refractivity (Wildman–Crippen MR) is 70.5 cm³/mol. The zero-order valence-electron chi connectivity index (χ0n) is 11.0. The number of carboxylic acid groups (broad SMARTS) is 1. The molecule has 1 aromatic carbocycles. The molecule has 1 N–H and O–H groups in total. The number of anilines is 1. The molecule has 0 bridgehead atoms. The van der Waals surface area contributed by atoms with Gasteiger partial charge in [0.25, 0.3) is 0 Å². The molecule has 0 aliphatic carbocycles. The zero-order chi connectivity index (χ0) is 14.0. The van der Waals surface area contributed by atoms with Crippen LogP contribution in [0.4, 0.5) is 5.69 Å². The van der Waals surface area contributed by atoms with Gasteiger partial charge in [-0.3, -0.25) is 4.79 Å². The molecule has 1 aliphatic heterocycles. The summed E-state index contributed by atoms with van der Waals surface area (Å²) in [6, 6.07) is 4.89. The van der Waals surface area contributed by atoms with E-state index in [4.69, 9.17) is 9.84 Å². The van der Waals surface area contributed by atoms with Crippen LogP contribution in [0.1, 0.15) is 29.3 Å². The Bertz CT molecular complexity index is 512. The molecule has 0 aromatic heterocycles. The minimum Gasteiger partial charge on any atom is -0.478 e. The Kier molecular flexibility index (Phi) is 3.85. The SMILES string of the molecule is COC(C)CN1C(=O)CCc2cc(C(=O)O)ccc21. The second kappa shape index (κ2) is 5.40. The molecule has 0 saturated heterocycles. The smallest absolute Gasteiger partial charge is 0.335 e. The molecule has 1 aliphatic rings. The fraction of sp³-hybridized carbons (Fsp3) is 0.429. The number of fused-ring (bicyclic) bond motifs is 1. The Labute approximate surface area is 111 Å². The number of benzene rings is 1. The molecule has 0 radical (unpaired) electrons. The van der Waals surface area contributed by atoms with Crippen molar-refractivity contribution in [2.24, 2.45) is 0 Å². The van der Waals surface area contributed by atoms with Gasteiger partial charge in [-0.15, -0.1) is 0 Å². The van der Waals surface area contributed by atoms with Crippen LogP contribution in [0, 0.1) is 0 Å². The predicted octanol–water partition coefficient (Wildman–Crippen LogP) is 1.70. The van der Waals surface area contributed by atoms with Crippen molar-refractivity contribution in [1.29, 1.82) is 0 Å². The van der Waals surface area contributed by atoms with Gasteiger partial charge < -0.3 is 14.7 Å². The number of methoxy groups -OCH3 is 1. The first-order chi connectivity index (χ1) is 9.02. The van der Waals surface area contributed by atoms with Crippen molar-refractivity contribution in [3.8, 4) is 0 Å². The van der Waals surface area contributed by atoms with Crippen LogP contribution in [0.5, 0.6) is 0 Å². The molecule has 0 spiro atoms. The number of amides is 1. The van der Waals surface area contributed by atoms with Crippen molar-refractivity contribution in [3.63, 3.8) is 0 Å². The molecule has 0 saturated carbocycles. The second-order valence-electron chi connectivity index (χ2n) is 4.70. The van der Waals surface area contributed by atoms with E-state index in [0.29, 0.717) is 19.4 Å². The molecule has 1 heterocycles. The first-order valence-electron chi connectivity index (χ1n) is 6.22. The van der Waals surface area contributed by atoms with Crippen LogP contribution in [0.3, 0.4) is 0 Å². The first-order valence-corrected chi connectivity index (χ1v) is 6.22. The van der Waals surface area contributed by atoms with E-state index in [1.807, 2.05) is 6.92 Å². The van der Waals surface area contributed by atoms with Crippen molar-refractivity contribution < 1.29 is 19.4 Å². The van der Waals surface area contributed by atoms with Gasteiger partial charge in [0.2, 0.25) is 5.91 Å². The maximum Gasteiger partial charge on any atom is 0.335 e. The Morgan fingerprint density at radius 3 is 2.84 bits per heavy atom. The number of aromatic carboxylic acids is 1. The van der Waals surface area contributed by atoms with Crippen LogP contribution in [0.25, 0.3) is 0 Å². The lowest BCUT2D eigenvalue weighted by Crippen LogP contribution is -2.40. The minimum absolute atomic E-state index is 0.0551. The number of hydrogen-bond acceptors (Lipinski definition) is 3. The molecular weight excluding hydrogens is 246 g/mol. The maximum atomic E-state index is 12.0. The molecule has 0 fully saturated rings. The van der Waals surface area contributed by atoms with E-state index >= 15 is 0 Å². The van der Waals surface area contributed by atoms with Gasteiger partial charge in [-0.05, 0) is 37.1 Å². The van der Waals surface area contributed by atoms with Gasteiger partial charge >= 0.3 is 5.97 Å². The monoisotopic (exact) mass is 263 g/mol. The Hall–Kier alpha value is -1.88. The van der Waals surface area contributed by atoms with E-state index in [1.54, 1.807) is 24.1 Å². The molecule has 5 heteroatoms. The summed E-state index contributed by atoms with van der Waals surface area (Å²) in [6.45, 7) is 2.38. The van der Waals surface area contributed by atoms with Crippen LogP contribution in [-0.2, 0) is 16.0 Å². The van der Waals surface area contributed by atoms with Crippen LogP contribution in [0.2, 0.25) is 0 Å². The maximum absolute atomic E-state index is 12.0. The van der Waals surface area contributed by atoms with Gasteiger partial charge in [0.05, 0.1) is 18.2 Å². The number of carboxylic acids is 1. The molecule has 1 unspecified atom stereocenters. The standard InChI is InChI=1S/C14H17NO4/c1-9(19-2)8-15-12-5-3-11(14(17)18)7-10(12)4-6-13(15)16/h3,5,7,9H,4,6,8H2,1-2H3,(H,17,18). The van der Waals surface area contributed by atoms with Crippen molar-refractivity contribution in [2.75, 3.05) is 18.6 Å². The van der Waals surface area contributed by atoms with Gasteiger partial charge in [0.15, 0.2) is 0 Å². The summed E-state index contributed by atoms with van der Waals surface area (Å²) in [6.07, 6.45) is 0.939. The fourth-order valence-corrected chi connectivity index (χ4v) is 2.22. The molecule has 1 amide bonds. The summed E-state index contributed by atoms with van der Waals surface area (Å²) in [5, 5.41) is 8.99. The lowest BCUT2D eigenvalue weighted by Gasteiger charge is -2.31. The van der Waals surface area contributed by atoms with Crippen molar-refractivity contribution >= 4 is 17.6 Å². The quantitative estimate of drug-likeness (QED) is 0.897. The number of hydrogen-bond donors (Lipinski definition) is 1. The summed E-state index contributed by atoms with van der Waals surface area (Å²) < 4.78 is 5.19. The third kappa shape index (κ3) is 2.76. The highest BCUT2D eigenvalue weighted by atomic mass is 16.5. The Balaban J connectivity index is 2.33. The van der Waals surface area contributed by atoms with Crippen LogP contribution in [-0.4, -0.2) is 36.7 Å². The van der Waals surface area contributed by atoms with E-state index in [0.717, 1.165) is 11.3 Å². The molecular formula is C14H17NO4. The highest BCUT2D eigenvalue weighted by Crippen LogP contribution is 2.29. The van der Waals surface area contributed by atoms with Crippen LogP contribution >= 0.6 is 0 Å². The fourth-order valence-electron chi connectivity index (χ4n) is 2.22. The van der Waals surface area contributed by atoms with Gasteiger partial charge in [0.1, 0.15) is 0 Å². The highest BCUT2D eigenvalue weighted by molar-refractivity contribution is 5.97. The average molecular weight is 263 g/mol. The largest absolute Gasteiger partial charge is 0.478 e. The van der Waals surface area contributed by atoms with E-state index in [1.165, 1.54) is 6.07 Å². The van der Waals surface area contributed by atoms with E-state index in [2.05, 4.69) is 0 Å². The van der Waals surface area contributed by atoms with Gasteiger partial charge in [-0.25, -0.2) is 4.79 Å². The molecule has 1 aromatic rings. The third-order valence-electron chi connectivity index (χ3n) is 3.37. The second-order valence-corrected chi connectivity index (χ2v) is 4.70. The van der Waals surface area contributed by atoms with Crippen LogP contribution < -0.4 is 4.90 Å². The van der Waals surface area contributed by atoms with E-state index < -0.39 is 5.97 Å². The van der Waals surface area contributed by atoms with E-state index in [9.17, 15) is 9.59 Å². The van der Waals surface area contributed by atoms with Crippen molar-refractivity contribution in [3.05, 3.63) is 29.3 Å². The molecule has 1 atom stereocenters. The number of nitrogens with zero attached hydrogens (tertiary/aromatic N) is 1. The number of rotatable bonds is 4. The van der Waals surface area contributed by atoms with Gasteiger partial charge in [-0.2, -0.15) is 0 Å². The van der Waals surface area contributed by atoms with Gasteiger partial charge in [-0.1, -0.05) is 0 Å². The molecule has 19 heavy (non-hydrogen) atoms. The molecule has 102 valence electrons. The summed E-state index contributed by atoms with van der Waals surface area (Å²) in [5.74, 6) is -0.893. The number of carbonyl (C=O) groups is 2. The lowest BCUT2D eigenvalue weighted by atomic mass is 9.98. The highest BCUT2D eigenvalue weighted by Gasteiger charge is 2.26. The number of carbonyl (C=O) groups excluding carboxylic acids is 1. The van der Waals surface area contributed by atoms with Crippen molar-refractivity contribution in [2.45, 2.75) is 25.9 Å². The average Bonchev–Trinajstić information content (AvgIpc) is 2.41. The minimum atomic E-state index is -0.948. The zero-order valence-corrected chi connectivity index (χ0v) is 11.0. The number of ether oxygens (including phenoxy) is 1. The summed E-state index contributed by atoms with van der Waals surface area (Å²) >= 11 is 0. The van der Waals surface area contributed by atoms with Crippen LogP contribution in [0.15, 0.2) is 18.2 Å². The molecule has 5 nitrogen and oxygen atoms in total. The van der Waals surface area contributed by atoms with E-state index in [-0.39, 0.29) is 17.6 Å². The normalized spacial score (nSPS) is 16.1. The third-order valence-corrected chi connectivity index (χ3v) is 3.37. The number of aryl methyl sites for hydroxylation is 1. The molecule has 2 rings (SSSR count). The summed E-state index contributed by atoms with van der Waals surface area (Å²) in [5.41, 5.74) is 1.96. The first kappa shape index (κ1) is 13.5.